The molecule has 2 aliphatic heterocycles. The van der Waals surface area contributed by atoms with Crippen LogP contribution >= 0.6 is 0 Å². The third-order valence-electron chi connectivity index (χ3n) is 8.58. The van der Waals surface area contributed by atoms with Crippen molar-refractivity contribution in [1.29, 1.82) is 0 Å². The van der Waals surface area contributed by atoms with Crippen LogP contribution in [0.25, 0.3) is 11.0 Å². The predicted octanol–water partition coefficient (Wildman–Crippen LogP) is 4.25. The molecule has 3 aliphatic rings. The van der Waals surface area contributed by atoms with Gasteiger partial charge in [0.25, 0.3) is 0 Å². The topological polar surface area (TPSA) is 129 Å². The Morgan fingerprint density at radius 2 is 1.89 bits per heavy atom. The molecule has 0 unspecified atom stereocenters. The minimum atomic E-state index is -3.56. The highest BCUT2D eigenvalue weighted by Crippen LogP contribution is 2.40. The number of benzene rings is 1. The zero-order valence-electron chi connectivity index (χ0n) is 25.9. The van der Waals surface area contributed by atoms with Crippen molar-refractivity contribution in [3.05, 3.63) is 23.9 Å². The van der Waals surface area contributed by atoms with Gasteiger partial charge in [-0.05, 0) is 49.7 Å². The highest BCUT2D eigenvalue weighted by atomic mass is 19.3. The molecular formula is C31H40F2N4O7. The summed E-state index contributed by atoms with van der Waals surface area (Å²) in [6.45, 7) is 7.52. The lowest BCUT2D eigenvalue weighted by Gasteiger charge is -2.35. The van der Waals surface area contributed by atoms with Crippen LogP contribution in [0.4, 0.5) is 13.6 Å². The second-order valence-corrected chi connectivity index (χ2v) is 13.1. The molecule has 1 N–H and O–H groups in total. The number of Topliss-reactive ketones (excluding diaryl/α,β-unsaturated/α-hetero) is 1. The third-order valence-corrected chi connectivity index (χ3v) is 8.58. The van der Waals surface area contributed by atoms with Gasteiger partial charge >= 0.3 is 12.0 Å². The van der Waals surface area contributed by atoms with Gasteiger partial charge in [-0.2, -0.15) is 8.78 Å². The Bertz CT molecular complexity index is 1430. The Morgan fingerprint density at radius 1 is 1.14 bits per heavy atom. The van der Waals surface area contributed by atoms with E-state index in [-0.39, 0.29) is 42.0 Å². The van der Waals surface area contributed by atoms with E-state index in [4.69, 9.17) is 18.9 Å². The maximum Gasteiger partial charge on any atom is 0.408 e. The van der Waals surface area contributed by atoms with Crippen LogP contribution in [0.15, 0.2) is 18.2 Å². The Morgan fingerprint density at radius 3 is 2.57 bits per heavy atom. The van der Waals surface area contributed by atoms with Gasteiger partial charge in [0.05, 0.1) is 30.7 Å². The van der Waals surface area contributed by atoms with Crippen LogP contribution in [0.1, 0.15) is 59.6 Å². The van der Waals surface area contributed by atoms with Crippen LogP contribution in [0.5, 0.6) is 11.6 Å². The summed E-state index contributed by atoms with van der Waals surface area (Å²) in [5, 5.41) is 2.73. The maximum atomic E-state index is 15.8. The Balaban J connectivity index is 1.55. The second kappa shape index (κ2) is 12.1. The van der Waals surface area contributed by atoms with Crippen molar-refractivity contribution in [1.82, 2.24) is 20.2 Å². The largest absolute Gasteiger partial charge is 0.497 e. The quantitative estimate of drug-likeness (QED) is 0.525. The molecule has 2 bridgehead atoms. The molecule has 1 aliphatic carbocycles. The van der Waals surface area contributed by atoms with E-state index < -0.39 is 65.6 Å². The molecule has 1 saturated carbocycles. The van der Waals surface area contributed by atoms with Crippen LogP contribution < -0.4 is 14.8 Å². The van der Waals surface area contributed by atoms with E-state index >= 15 is 8.78 Å². The van der Waals surface area contributed by atoms with Crippen LogP contribution in [-0.2, 0) is 25.0 Å². The number of nitrogens with zero attached hydrogens (tertiary/aromatic N) is 3. The molecule has 2 fully saturated rings. The van der Waals surface area contributed by atoms with Gasteiger partial charge in [0.15, 0.2) is 11.5 Å². The first-order chi connectivity index (χ1) is 20.7. The molecule has 1 aromatic heterocycles. The van der Waals surface area contributed by atoms with Crippen molar-refractivity contribution < 1.29 is 42.1 Å². The fourth-order valence-electron chi connectivity index (χ4n) is 6.02. The molecule has 2 amide bonds. The minimum Gasteiger partial charge on any atom is -0.497 e. The normalized spacial score (nSPS) is 29.6. The van der Waals surface area contributed by atoms with E-state index in [0.717, 1.165) is 0 Å². The zero-order valence-corrected chi connectivity index (χ0v) is 25.9. The molecule has 0 spiro atoms. The first kappa shape index (κ1) is 31.8. The number of carbonyl (C=O) groups is 3. The number of fused-ring (bicyclic) bond motifs is 5. The first-order valence-electron chi connectivity index (χ1n) is 15.0. The van der Waals surface area contributed by atoms with Crippen molar-refractivity contribution in [2.75, 3.05) is 26.9 Å². The number of alkyl halides is 2. The van der Waals surface area contributed by atoms with Gasteiger partial charge in [-0.1, -0.05) is 27.7 Å². The van der Waals surface area contributed by atoms with Gasteiger partial charge in [0.1, 0.15) is 30.6 Å². The number of alkyl carbamates (subject to hydrolysis) is 1. The summed E-state index contributed by atoms with van der Waals surface area (Å²) in [5.74, 6) is -4.83. The molecule has 0 radical (unpaired) electrons. The Kier molecular flexibility index (Phi) is 8.71. The van der Waals surface area contributed by atoms with E-state index in [2.05, 4.69) is 15.3 Å². The molecule has 2 aromatic rings. The van der Waals surface area contributed by atoms with Crippen molar-refractivity contribution in [2.24, 2.45) is 17.3 Å². The molecule has 44 heavy (non-hydrogen) atoms. The number of hydrogen-bond donors (Lipinski definition) is 1. The molecule has 1 saturated heterocycles. The Labute approximate surface area is 255 Å². The molecule has 13 heteroatoms. The van der Waals surface area contributed by atoms with Gasteiger partial charge in [0.2, 0.25) is 11.8 Å². The summed E-state index contributed by atoms with van der Waals surface area (Å²) in [7, 11) is 1.48. The van der Waals surface area contributed by atoms with E-state index in [0.29, 0.717) is 25.0 Å². The average Bonchev–Trinajstić information content (AvgIpc) is 3.59. The summed E-state index contributed by atoms with van der Waals surface area (Å²) in [5.41, 5.74) is -0.946. The summed E-state index contributed by atoms with van der Waals surface area (Å²) in [6, 6.07) is 2.75. The molecular weight excluding hydrogens is 578 g/mol. The standard InChI is InChI=1S/C31H40F2N4O7/c1-16-23-14-37(24(16)17(2)38)28(39)26(30(3,4)5)36-29(40)44-22-12-18(22)8-7-11-42-15-31(32,33)25-27(43-23)35-21-13-19(41-6)9-10-20(21)34-25/h9-10,13,16,18,22-24,26H,7-8,11-12,14-15H2,1-6H3,(H,36,40)/t16-,18-,22-,23+,24+,26-/m1/s1. The Hall–Kier alpha value is -3.61. The number of rotatable bonds is 2. The van der Waals surface area contributed by atoms with Crippen molar-refractivity contribution in [3.63, 3.8) is 0 Å². The number of halogens is 2. The number of methoxy groups -OCH3 is 1. The number of ketones is 1. The first-order valence-corrected chi connectivity index (χ1v) is 15.0. The summed E-state index contributed by atoms with van der Waals surface area (Å²) in [6.07, 6.45) is -0.150. The number of nitrogens with one attached hydrogen (secondary N) is 1. The minimum absolute atomic E-state index is 0.0783. The molecule has 3 heterocycles. The summed E-state index contributed by atoms with van der Waals surface area (Å²) >= 11 is 0. The van der Waals surface area contributed by atoms with E-state index in [1.54, 1.807) is 39.8 Å². The number of carbonyl (C=O) groups excluding carboxylic acids is 3. The van der Waals surface area contributed by atoms with Gasteiger partial charge in [-0.25, -0.2) is 14.8 Å². The van der Waals surface area contributed by atoms with E-state index in [9.17, 15) is 14.4 Å². The van der Waals surface area contributed by atoms with Crippen LogP contribution in [0, 0.1) is 17.3 Å². The molecule has 1 aromatic carbocycles. The second-order valence-electron chi connectivity index (χ2n) is 13.1. The SMILES string of the molecule is COc1ccc2nc3c(nc2c1)O[C@H]1CN(C(=O)[C@H](C(C)(C)C)NC(=O)O[C@@H]2C[C@H]2CCCOCC3(F)F)[C@H](C(C)=O)[C@@H]1C. The zero-order chi connectivity index (χ0) is 32.0. The predicted molar refractivity (Wildman–Crippen MR) is 155 cm³/mol. The lowest BCUT2D eigenvalue weighted by molar-refractivity contribution is -0.141. The van der Waals surface area contributed by atoms with E-state index in [1.807, 2.05) is 0 Å². The number of hydrogen-bond acceptors (Lipinski definition) is 9. The third kappa shape index (κ3) is 6.57. The van der Waals surface area contributed by atoms with Gasteiger partial charge in [-0.15, -0.1) is 0 Å². The maximum absolute atomic E-state index is 15.8. The molecule has 11 nitrogen and oxygen atoms in total. The summed E-state index contributed by atoms with van der Waals surface area (Å²) < 4.78 is 53.9. The summed E-state index contributed by atoms with van der Waals surface area (Å²) in [4.78, 5) is 49.9. The number of ether oxygens (including phenoxy) is 4. The molecule has 6 atom stereocenters. The van der Waals surface area contributed by atoms with Crippen LogP contribution in [0.3, 0.4) is 0 Å². The molecule has 5 rings (SSSR count). The molecule has 240 valence electrons. The van der Waals surface area contributed by atoms with Crippen molar-refractivity contribution >= 4 is 28.8 Å². The average molecular weight is 619 g/mol. The highest BCUT2D eigenvalue weighted by Gasteiger charge is 2.50. The lowest BCUT2D eigenvalue weighted by atomic mass is 9.85. The van der Waals surface area contributed by atoms with Crippen molar-refractivity contribution in [3.8, 4) is 11.6 Å². The van der Waals surface area contributed by atoms with Gasteiger partial charge in [-0.3, -0.25) is 9.59 Å². The fraction of sp³-hybridized carbons (Fsp3) is 0.645. The van der Waals surface area contributed by atoms with Crippen molar-refractivity contribution in [2.45, 2.75) is 84.1 Å². The fourth-order valence-corrected chi connectivity index (χ4v) is 6.02. The van der Waals surface area contributed by atoms with E-state index in [1.165, 1.54) is 25.0 Å². The lowest BCUT2D eigenvalue weighted by Crippen LogP contribution is -2.57. The van der Waals surface area contributed by atoms with Crippen LogP contribution in [-0.4, -0.2) is 83.8 Å². The van der Waals surface area contributed by atoms with Crippen LogP contribution in [0.2, 0.25) is 0 Å². The number of amides is 2. The number of aromatic nitrogens is 2. The highest BCUT2D eigenvalue weighted by molar-refractivity contribution is 5.92. The van der Waals surface area contributed by atoms with Gasteiger partial charge in [0, 0.05) is 18.6 Å². The van der Waals surface area contributed by atoms with Gasteiger partial charge < -0.3 is 29.2 Å². The monoisotopic (exact) mass is 618 g/mol. The smallest absolute Gasteiger partial charge is 0.408 e.